The fourth-order valence-electron chi connectivity index (χ4n) is 4.03. The van der Waals surface area contributed by atoms with Crippen molar-refractivity contribution in [3.05, 3.63) is 82.4 Å². The molecule has 2 aromatic heterocycles. The van der Waals surface area contributed by atoms with Gasteiger partial charge in [-0.25, -0.2) is 0 Å². The van der Waals surface area contributed by atoms with E-state index in [1.165, 1.54) is 16.8 Å². The molecule has 2 aliphatic heterocycles. The Morgan fingerprint density at radius 2 is 1.97 bits per heavy atom. The summed E-state index contributed by atoms with van der Waals surface area (Å²) in [7, 11) is 1.65. The number of hydrogen-bond donors (Lipinski definition) is 1. The van der Waals surface area contributed by atoms with Crippen molar-refractivity contribution in [1.82, 2.24) is 14.6 Å². The average molecular weight is 471 g/mol. The highest BCUT2D eigenvalue weighted by molar-refractivity contribution is 8.27. The van der Waals surface area contributed by atoms with Gasteiger partial charge < -0.3 is 9.30 Å². The first kappa shape index (κ1) is 21.8. The molecular formula is C25H22N6O2S. The van der Waals surface area contributed by atoms with Gasteiger partial charge in [0.15, 0.2) is 5.84 Å². The van der Waals surface area contributed by atoms with Gasteiger partial charge in [0, 0.05) is 29.3 Å². The number of amidine groups is 2. The van der Waals surface area contributed by atoms with Gasteiger partial charge in [0.05, 0.1) is 18.4 Å². The SMILES string of the molecule is COc1ccc(C)cc1-n1c(C)cc(/C=C2/C(=N)N3N=C(c4cccnc4)SC3=NC2=O)c1C. The summed E-state index contributed by atoms with van der Waals surface area (Å²) >= 11 is 1.25. The van der Waals surface area contributed by atoms with Gasteiger partial charge in [0.25, 0.3) is 5.91 Å². The fourth-order valence-corrected chi connectivity index (χ4v) is 4.91. The number of hydrazone groups is 1. The van der Waals surface area contributed by atoms with Crippen LogP contribution in [0.5, 0.6) is 5.75 Å². The minimum Gasteiger partial charge on any atom is -0.495 e. The lowest BCUT2D eigenvalue weighted by atomic mass is 10.1. The largest absolute Gasteiger partial charge is 0.495 e. The zero-order valence-electron chi connectivity index (χ0n) is 19.2. The van der Waals surface area contributed by atoms with E-state index in [1.807, 2.05) is 51.1 Å². The Hall–Kier alpha value is -3.98. The van der Waals surface area contributed by atoms with E-state index < -0.39 is 5.91 Å². The second kappa shape index (κ2) is 8.42. The molecule has 0 saturated heterocycles. The predicted octanol–water partition coefficient (Wildman–Crippen LogP) is 4.47. The monoisotopic (exact) mass is 470 g/mol. The van der Waals surface area contributed by atoms with E-state index in [4.69, 9.17) is 10.1 Å². The van der Waals surface area contributed by atoms with Crippen LogP contribution in [-0.2, 0) is 4.79 Å². The number of carbonyl (C=O) groups excluding carboxylic acids is 1. The Bertz CT molecular complexity index is 1440. The molecule has 5 rings (SSSR count). The van der Waals surface area contributed by atoms with E-state index in [9.17, 15) is 4.79 Å². The molecule has 3 aromatic rings. The van der Waals surface area contributed by atoms with Crippen LogP contribution in [0.25, 0.3) is 11.8 Å². The first-order chi connectivity index (χ1) is 16.4. The number of nitrogens with zero attached hydrogens (tertiary/aromatic N) is 5. The van der Waals surface area contributed by atoms with E-state index >= 15 is 0 Å². The second-order valence-electron chi connectivity index (χ2n) is 8.00. The molecule has 1 N–H and O–H groups in total. The van der Waals surface area contributed by atoms with Gasteiger partial charge >= 0.3 is 0 Å². The number of methoxy groups -OCH3 is 1. The number of pyridine rings is 1. The van der Waals surface area contributed by atoms with Crippen LogP contribution >= 0.6 is 11.8 Å². The second-order valence-corrected chi connectivity index (χ2v) is 8.96. The number of nitrogens with one attached hydrogen (secondary N) is 1. The van der Waals surface area contributed by atoms with Crippen molar-refractivity contribution >= 4 is 39.8 Å². The zero-order valence-corrected chi connectivity index (χ0v) is 20.0. The average Bonchev–Trinajstić information content (AvgIpc) is 3.37. The third-order valence-corrected chi connectivity index (χ3v) is 6.67. The molecule has 0 fully saturated rings. The molecule has 0 bridgehead atoms. The summed E-state index contributed by atoms with van der Waals surface area (Å²) in [6, 6.07) is 11.7. The van der Waals surface area contributed by atoms with Crippen molar-refractivity contribution in [3.8, 4) is 11.4 Å². The zero-order chi connectivity index (χ0) is 24.0. The number of carbonyl (C=O) groups is 1. The van der Waals surface area contributed by atoms with Crippen molar-refractivity contribution in [2.45, 2.75) is 20.8 Å². The molecule has 1 aromatic carbocycles. The summed E-state index contributed by atoms with van der Waals surface area (Å²) in [6.45, 7) is 6.02. The van der Waals surface area contributed by atoms with Crippen molar-refractivity contribution in [2.75, 3.05) is 7.11 Å². The first-order valence-electron chi connectivity index (χ1n) is 10.6. The number of aliphatic imine (C=N–C) groups is 1. The molecule has 0 aliphatic carbocycles. The Morgan fingerprint density at radius 3 is 2.71 bits per heavy atom. The normalized spacial score (nSPS) is 16.6. The molecule has 2 aliphatic rings. The lowest BCUT2D eigenvalue weighted by Gasteiger charge is -2.20. The molecule has 1 amide bonds. The molecule has 8 nitrogen and oxygen atoms in total. The number of ether oxygens (including phenoxy) is 1. The molecular weight excluding hydrogens is 448 g/mol. The number of benzene rings is 1. The maximum atomic E-state index is 12.9. The number of fused-ring (bicyclic) bond motifs is 1. The van der Waals surface area contributed by atoms with E-state index in [-0.39, 0.29) is 11.4 Å². The minimum atomic E-state index is -0.454. The van der Waals surface area contributed by atoms with Gasteiger partial charge in [0.1, 0.15) is 10.8 Å². The third-order valence-electron chi connectivity index (χ3n) is 5.71. The first-order valence-corrected chi connectivity index (χ1v) is 11.4. The Balaban J connectivity index is 1.54. The third kappa shape index (κ3) is 3.63. The van der Waals surface area contributed by atoms with Crippen LogP contribution in [0.4, 0.5) is 0 Å². The summed E-state index contributed by atoms with van der Waals surface area (Å²) in [6.07, 6.45) is 5.10. The molecule has 0 saturated carbocycles. The molecule has 9 heteroatoms. The summed E-state index contributed by atoms with van der Waals surface area (Å²) in [4.78, 5) is 21.2. The molecule has 0 spiro atoms. The van der Waals surface area contributed by atoms with Crippen LogP contribution in [0.15, 0.2) is 64.5 Å². The lowest BCUT2D eigenvalue weighted by Crippen LogP contribution is -2.35. The number of hydrogen-bond acceptors (Lipinski definition) is 6. The van der Waals surface area contributed by atoms with Crippen LogP contribution in [0, 0.1) is 26.2 Å². The van der Waals surface area contributed by atoms with Crippen LogP contribution in [0.3, 0.4) is 0 Å². The van der Waals surface area contributed by atoms with Gasteiger partial charge in [-0.3, -0.25) is 15.2 Å². The maximum absolute atomic E-state index is 12.9. The van der Waals surface area contributed by atoms with Crippen LogP contribution in [-0.4, -0.2) is 43.6 Å². The number of amides is 1. The Kier molecular flexibility index (Phi) is 5.41. The highest BCUT2D eigenvalue weighted by atomic mass is 32.2. The Morgan fingerprint density at radius 1 is 1.15 bits per heavy atom. The highest BCUT2D eigenvalue weighted by Gasteiger charge is 2.36. The smallest absolute Gasteiger partial charge is 0.283 e. The molecule has 4 heterocycles. The topological polar surface area (TPSA) is 95.9 Å². The minimum absolute atomic E-state index is 0.000621. The van der Waals surface area contributed by atoms with Crippen LogP contribution < -0.4 is 4.74 Å². The standard InChI is InChI=1S/C25H22N6O2S/c1-14-7-8-21(33-4)20(10-14)30-15(2)11-18(16(30)3)12-19-22(26)31-25(28-23(19)32)34-24(29-31)17-6-5-9-27-13-17/h5-13,26H,1-4H3/b19-12-,26-22?. The molecule has 0 radical (unpaired) electrons. The van der Waals surface area contributed by atoms with Crippen molar-refractivity contribution in [2.24, 2.45) is 10.1 Å². The van der Waals surface area contributed by atoms with E-state index in [0.29, 0.717) is 10.2 Å². The van der Waals surface area contributed by atoms with Gasteiger partial charge in [-0.1, -0.05) is 6.07 Å². The lowest BCUT2D eigenvalue weighted by molar-refractivity contribution is -0.114. The number of aryl methyl sites for hydroxylation is 2. The van der Waals surface area contributed by atoms with Crippen LogP contribution in [0.1, 0.15) is 28.1 Å². The van der Waals surface area contributed by atoms with Gasteiger partial charge in [0.2, 0.25) is 5.17 Å². The number of thioether (sulfide) groups is 1. The van der Waals surface area contributed by atoms with Gasteiger partial charge in [-0.15, -0.1) is 0 Å². The summed E-state index contributed by atoms with van der Waals surface area (Å²) in [5.41, 5.74) is 5.79. The summed E-state index contributed by atoms with van der Waals surface area (Å²) in [5.74, 6) is 0.303. The fraction of sp³-hybridized carbons (Fsp3) is 0.160. The van der Waals surface area contributed by atoms with E-state index in [0.717, 1.165) is 39.5 Å². The van der Waals surface area contributed by atoms with E-state index in [2.05, 4.69) is 25.7 Å². The molecule has 0 atom stereocenters. The van der Waals surface area contributed by atoms with Crippen molar-refractivity contribution < 1.29 is 9.53 Å². The maximum Gasteiger partial charge on any atom is 0.283 e. The van der Waals surface area contributed by atoms with Gasteiger partial charge in [-0.2, -0.15) is 15.1 Å². The van der Waals surface area contributed by atoms with Crippen molar-refractivity contribution in [3.63, 3.8) is 0 Å². The quantitative estimate of drug-likeness (QED) is 0.568. The van der Waals surface area contributed by atoms with Gasteiger partial charge in [-0.05, 0) is 80.1 Å². The highest BCUT2D eigenvalue weighted by Crippen LogP contribution is 2.33. The predicted molar refractivity (Wildman–Crippen MR) is 135 cm³/mol. The summed E-state index contributed by atoms with van der Waals surface area (Å²) < 4.78 is 7.67. The number of rotatable bonds is 4. The van der Waals surface area contributed by atoms with Crippen LogP contribution in [0.2, 0.25) is 0 Å². The summed E-state index contributed by atoms with van der Waals surface area (Å²) in [5, 5.41) is 15.6. The van der Waals surface area contributed by atoms with E-state index in [1.54, 1.807) is 25.6 Å². The van der Waals surface area contributed by atoms with Crippen molar-refractivity contribution in [1.29, 1.82) is 5.41 Å². The Labute approximate surface area is 201 Å². The number of aromatic nitrogens is 2. The molecule has 170 valence electrons. The molecule has 0 unspecified atom stereocenters. The molecule has 34 heavy (non-hydrogen) atoms.